The second-order valence-corrected chi connectivity index (χ2v) is 7.55. The Morgan fingerprint density at radius 3 is 2.68 bits per heavy atom. The molecule has 11 heteroatoms. The average Bonchev–Trinajstić information content (AvgIpc) is 3.39. The minimum atomic E-state index is -0.739. The Hall–Kier alpha value is -3.44. The Balaban J connectivity index is 1.47. The number of benzene rings is 1. The molecule has 0 bridgehead atoms. The first-order valence-electron chi connectivity index (χ1n) is 7.88. The third-order valence-corrected chi connectivity index (χ3v) is 5.64. The largest absolute Gasteiger partial charge is 0.300 e. The molecule has 0 radical (unpaired) electrons. The van der Waals surface area contributed by atoms with Gasteiger partial charge in [0.2, 0.25) is 5.91 Å². The van der Waals surface area contributed by atoms with Gasteiger partial charge in [-0.15, -0.1) is 22.7 Å². The van der Waals surface area contributed by atoms with Crippen molar-refractivity contribution in [3.63, 3.8) is 0 Å². The lowest BCUT2D eigenvalue weighted by atomic mass is 10.1. The highest BCUT2D eigenvalue weighted by Crippen LogP contribution is 2.29. The zero-order valence-electron chi connectivity index (χ0n) is 13.9. The van der Waals surface area contributed by atoms with Crippen LogP contribution in [-0.2, 0) is 4.79 Å². The van der Waals surface area contributed by atoms with Crippen molar-refractivity contribution in [1.82, 2.24) is 9.88 Å². The number of carbonyl (C=O) groups excluding carboxylic acids is 3. The second kappa shape index (κ2) is 6.94. The number of non-ortho nitro benzene ring substituents is 1. The summed E-state index contributed by atoms with van der Waals surface area (Å²) in [6.45, 7) is -0.506. The van der Waals surface area contributed by atoms with Crippen LogP contribution in [0.4, 0.5) is 10.8 Å². The maximum absolute atomic E-state index is 12.4. The summed E-state index contributed by atoms with van der Waals surface area (Å²) >= 11 is 2.75. The molecule has 0 saturated heterocycles. The third-order valence-electron chi connectivity index (χ3n) is 3.99. The van der Waals surface area contributed by atoms with Gasteiger partial charge in [0.05, 0.1) is 26.6 Å². The summed E-state index contributed by atoms with van der Waals surface area (Å²) < 4.78 is 0. The number of amides is 3. The minimum absolute atomic E-state index is 0.0395. The van der Waals surface area contributed by atoms with Crippen LogP contribution in [0.3, 0.4) is 0 Å². The van der Waals surface area contributed by atoms with E-state index in [0.29, 0.717) is 5.13 Å². The number of rotatable bonds is 5. The van der Waals surface area contributed by atoms with E-state index in [-0.39, 0.29) is 16.8 Å². The van der Waals surface area contributed by atoms with E-state index in [4.69, 9.17) is 0 Å². The van der Waals surface area contributed by atoms with Crippen molar-refractivity contribution in [2.45, 2.75) is 0 Å². The molecule has 3 aromatic rings. The van der Waals surface area contributed by atoms with E-state index in [1.165, 1.54) is 28.7 Å². The zero-order chi connectivity index (χ0) is 19.8. The van der Waals surface area contributed by atoms with Crippen molar-refractivity contribution in [3.05, 3.63) is 62.3 Å². The van der Waals surface area contributed by atoms with Crippen LogP contribution in [0, 0.1) is 10.1 Å². The Morgan fingerprint density at radius 2 is 1.96 bits per heavy atom. The fraction of sp³-hybridized carbons (Fsp3) is 0.0588. The molecule has 0 unspecified atom stereocenters. The first-order valence-corrected chi connectivity index (χ1v) is 9.64. The Bertz CT molecular complexity index is 1120. The summed E-state index contributed by atoms with van der Waals surface area (Å²) in [5, 5.41) is 17.5. The number of thiazole rings is 1. The van der Waals surface area contributed by atoms with Gasteiger partial charge >= 0.3 is 0 Å². The number of thiophene rings is 1. The van der Waals surface area contributed by atoms with E-state index in [1.807, 2.05) is 17.5 Å². The van der Waals surface area contributed by atoms with Crippen molar-refractivity contribution in [2.24, 2.45) is 0 Å². The van der Waals surface area contributed by atoms with Crippen LogP contribution in [-0.4, -0.2) is 39.1 Å². The molecule has 2 aromatic heterocycles. The summed E-state index contributed by atoms with van der Waals surface area (Å²) in [5.41, 5.74) is 0.386. The van der Waals surface area contributed by atoms with Crippen LogP contribution >= 0.6 is 22.7 Å². The maximum atomic E-state index is 12.4. The number of hydrogen-bond acceptors (Lipinski definition) is 8. The Morgan fingerprint density at radius 1 is 1.18 bits per heavy atom. The standard InChI is InChI=1S/C17H10N4O5S2/c22-14(19-17-18-12(8-28-17)13-2-1-5-27-13)7-20-15(23)10-4-3-9(21(25)26)6-11(10)16(20)24/h1-6,8H,7H2,(H,18,19,22). The summed E-state index contributed by atoms with van der Waals surface area (Å²) in [7, 11) is 0. The van der Waals surface area contributed by atoms with Crippen molar-refractivity contribution < 1.29 is 19.3 Å². The quantitative estimate of drug-likeness (QED) is 0.389. The van der Waals surface area contributed by atoms with Crippen molar-refractivity contribution in [1.29, 1.82) is 0 Å². The lowest BCUT2D eigenvalue weighted by Crippen LogP contribution is -2.37. The number of imide groups is 1. The summed E-state index contributed by atoms with van der Waals surface area (Å²) in [4.78, 5) is 53.3. The minimum Gasteiger partial charge on any atom is -0.300 e. The molecule has 1 aromatic carbocycles. The molecule has 4 rings (SSSR count). The highest BCUT2D eigenvalue weighted by Gasteiger charge is 2.37. The number of nitro groups is 1. The van der Waals surface area contributed by atoms with Gasteiger partial charge in [-0.05, 0) is 17.5 Å². The first-order chi connectivity index (χ1) is 13.4. The predicted octanol–water partition coefficient (Wildman–Crippen LogP) is 3.01. The molecule has 1 N–H and O–H groups in total. The number of fused-ring (bicyclic) bond motifs is 1. The molecule has 0 aliphatic carbocycles. The highest BCUT2D eigenvalue weighted by molar-refractivity contribution is 7.16. The lowest BCUT2D eigenvalue weighted by Gasteiger charge is -2.12. The molecule has 0 fully saturated rings. The van der Waals surface area contributed by atoms with Crippen LogP contribution in [0.2, 0.25) is 0 Å². The molecule has 3 heterocycles. The van der Waals surface area contributed by atoms with Crippen LogP contribution in [0.1, 0.15) is 20.7 Å². The molecule has 9 nitrogen and oxygen atoms in total. The molecular weight excluding hydrogens is 404 g/mol. The number of anilines is 1. The van der Waals surface area contributed by atoms with Crippen LogP contribution in [0.5, 0.6) is 0 Å². The van der Waals surface area contributed by atoms with E-state index >= 15 is 0 Å². The lowest BCUT2D eigenvalue weighted by molar-refractivity contribution is -0.384. The van der Waals surface area contributed by atoms with Gasteiger partial charge in [0.15, 0.2) is 5.13 Å². The van der Waals surface area contributed by atoms with Crippen molar-refractivity contribution in [2.75, 3.05) is 11.9 Å². The first kappa shape index (κ1) is 17.9. The van der Waals surface area contributed by atoms with Gasteiger partial charge in [0.1, 0.15) is 6.54 Å². The highest BCUT2D eigenvalue weighted by atomic mass is 32.1. The average molecular weight is 414 g/mol. The number of nitrogens with one attached hydrogen (secondary N) is 1. The van der Waals surface area contributed by atoms with Crippen molar-refractivity contribution in [3.8, 4) is 10.6 Å². The smallest absolute Gasteiger partial charge is 0.270 e. The number of carbonyl (C=O) groups is 3. The van der Waals surface area contributed by atoms with Gasteiger partial charge in [-0.3, -0.25) is 29.4 Å². The second-order valence-electron chi connectivity index (χ2n) is 5.75. The molecular formula is C17H10N4O5S2. The monoisotopic (exact) mass is 414 g/mol. The van der Waals surface area contributed by atoms with Crippen LogP contribution in [0.25, 0.3) is 10.6 Å². The molecule has 28 heavy (non-hydrogen) atoms. The summed E-state index contributed by atoms with van der Waals surface area (Å²) in [5.74, 6) is -1.99. The van der Waals surface area contributed by atoms with Gasteiger partial charge in [0, 0.05) is 17.5 Å². The summed E-state index contributed by atoms with van der Waals surface area (Å²) in [6, 6.07) is 7.21. The van der Waals surface area contributed by atoms with E-state index in [0.717, 1.165) is 27.6 Å². The topological polar surface area (TPSA) is 123 Å². The zero-order valence-corrected chi connectivity index (χ0v) is 15.6. The van der Waals surface area contributed by atoms with Crippen LogP contribution < -0.4 is 5.32 Å². The molecule has 1 aliphatic rings. The molecule has 0 saturated carbocycles. The van der Waals surface area contributed by atoms with Gasteiger partial charge in [-0.2, -0.15) is 0 Å². The van der Waals surface area contributed by atoms with Gasteiger partial charge < -0.3 is 5.32 Å². The third kappa shape index (κ3) is 3.17. The molecule has 0 spiro atoms. The number of hydrogen-bond donors (Lipinski definition) is 1. The fourth-order valence-electron chi connectivity index (χ4n) is 2.71. The molecule has 3 amide bonds. The van der Waals surface area contributed by atoms with Crippen LogP contribution in [0.15, 0.2) is 41.1 Å². The van der Waals surface area contributed by atoms with E-state index in [2.05, 4.69) is 10.3 Å². The van der Waals surface area contributed by atoms with Crippen molar-refractivity contribution >= 4 is 51.2 Å². The Labute approximate surface area is 165 Å². The predicted molar refractivity (Wildman–Crippen MR) is 103 cm³/mol. The van der Waals surface area contributed by atoms with E-state index in [9.17, 15) is 24.5 Å². The molecule has 1 aliphatic heterocycles. The van der Waals surface area contributed by atoms with E-state index < -0.39 is 29.2 Å². The number of nitrogens with zero attached hydrogens (tertiary/aromatic N) is 3. The normalized spacial score (nSPS) is 12.9. The molecule has 140 valence electrons. The SMILES string of the molecule is O=C(CN1C(=O)c2ccc([N+](=O)[O-])cc2C1=O)Nc1nc(-c2cccs2)cs1. The van der Waals surface area contributed by atoms with Gasteiger partial charge in [-0.25, -0.2) is 4.98 Å². The number of nitro benzene ring substituents is 1. The maximum Gasteiger partial charge on any atom is 0.270 e. The summed E-state index contributed by atoms with van der Waals surface area (Å²) in [6.07, 6.45) is 0. The van der Waals surface area contributed by atoms with Gasteiger partial charge in [0.25, 0.3) is 17.5 Å². The molecule has 0 atom stereocenters. The Kier molecular flexibility index (Phi) is 4.45. The fourth-order valence-corrected chi connectivity index (χ4v) is 4.19. The number of aromatic nitrogens is 1. The van der Waals surface area contributed by atoms with Gasteiger partial charge in [-0.1, -0.05) is 6.07 Å². The van der Waals surface area contributed by atoms with E-state index in [1.54, 1.807) is 5.38 Å².